The van der Waals surface area contributed by atoms with Crippen LogP contribution in [0.1, 0.15) is 16.7 Å². The number of nitrogens with zero attached hydrogens (tertiary/aromatic N) is 1. The molecule has 0 fully saturated rings. The number of aromatic nitrogens is 1. The van der Waals surface area contributed by atoms with Gasteiger partial charge in [0, 0.05) is 25.8 Å². The first-order chi connectivity index (χ1) is 12.4. The van der Waals surface area contributed by atoms with Gasteiger partial charge in [-0.05, 0) is 31.0 Å². The van der Waals surface area contributed by atoms with E-state index in [-0.39, 0.29) is 24.9 Å². The van der Waals surface area contributed by atoms with Crippen molar-refractivity contribution in [2.24, 2.45) is 0 Å². The number of rotatable bonds is 7. The van der Waals surface area contributed by atoms with Crippen LogP contribution in [-0.4, -0.2) is 30.6 Å². The maximum atomic E-state index is 12.8. The summed E-state index contributed by atoms with van der Waals surface area (Å²) in [6.07, 6.45) is -2.49. The Hall–Kier alpha value is -2.77. The van der Waals surface area contributed by atoms with Crippen LogP contribution >= 0.6 is 0 Å². The Balaban J connectivity index is 1.68. The van der Waals surface area contributed by atoms with Gasteiger partial charge in [0.25, 0.3) is 0 Å². The molecule has 5 nitrogen and oxygen atoms in total. The summed E-state index contributed by atoms with van der Waals surface area (Å²) in [6.45, 7) is 2.78. The van der Waals surface area contributed by atoms with E-state index in [4.69, 9.17) is 0 Å². The average molecular weight is 366 g/mol. The Morgan fingerprint density at radius 1 is 1.08 bits per heavy atom. The lowest BCUT2D eigenvalue weighted by atomic mass is 10.1. The van der Waals surface area contributed by atoms with Gasteiger partial charge in [0.2, 0.25) is 0 Å². The lowest BCUT2D eigenvalue weighted by Gasteiger charge is -2.13. The third-order valence-corrected chi connectivity index (χ3v) is 3.60. The van der Waals surface area contributed by atoms with Gasteiger partial charge < -0.3 is 16.0 Å². The van der Waals surface area contributed by atoms with Gasteiger partial charge in [-0.2, -0.15) is 13.2 Å². The number of benzene rings is 1. The van der Waals surface area contributed by atoms with Gasteiger partial charge in [-0.3, -0.25) is 0 Å². The largest absolute Gasteiger partial charge is 0.419 e. The molecule has 0 aliphatic heterocycles. The van der Waals surface area contributed by atoms with Crippen molar-refractivity contribution in [3.8, 4) is 0 Å². The van der Waals surface area contributed by atoms with Crippen molar-refractivity contribution in [1.29, 1.82) is 0 Å². The summed E-state index contributed by atoms with van der Waals surface area (Å²) in [5.74, 6) is -0.248. The van der Waals surface area contributed by atoms with Crippen molar-refractivity contribution in [2.45, 2.75) is 19.5 Å². The Morgan fingerprint density at radius 2 is 1.85 bits per heavy atom. The molecule has 0 spiro atoms. The predicted octanol–water partition coefficient (Wildman–Crippen LogP) is 3.36. The molecule has 0 aliphatic rings. The van der Waals surface area contributed by atoms with E-state index in [0.29, 0.717) is 13.0 Å². The summed E-state index contributed by atoms with van der Waals surface area (Å²) < 4.78 is 38.5. The molecular formula is C18H21F3N4O. The number of pyridine rings is 1. The quantitative estimate of drug-likeness (QED) is 0.659. The van der Waals surface area contributed by atoms with Crippen molar-refractivity contribution in [3.63, 3.8) is 0 Å². The number of hydrogen-bond donors (Lipinski definition) is 3. The average Bonchev–Trinajstić information content (AvgIpc) is 2.58. The van der Waals surface area contributed by atoms with Crippen LogP contribution in [0.4, 0.5) is 23.8 Å². The number of halogens is 3. The minimum absolute atomic E-state index is 0.130. The van der Waals surface area contributed by atoms with Crippen LogP contribution < -0.4 is 16.0 Å². The highest BCUT2D eigenvalue weighted by atomic mass is 19.4. The van der Waals surface area contributed by atoms with Gasteiger partial charge in [-0.15, -0.1) is 0 Å². The fourth-order valence-electron chi connectivity index (χ4n) is 2.38. The van der Waals surface area contributed by atoms with E-state index in [1.807, 2.05) is 25.1 Å². The molecule has 8 heteroatoms. The number of carbonyl (C=O) groups excluding carboxylic acids is 1. The van der Waals surface area contributed by atoms with Crippen LogP contribution in [-0.2, 0) is 12.6 Å². The standard InChI is InChI=1S/C18H21F3N4O/c1-13-4-2-5-14(12-13)7-9-24-17(26)25-11-10-23-16-15(18(19,20)21)6-3-8-22-16/h2-6,8,12H,7,9-11H2,1H3,(H,22,23)(H2,24,25,26). The Bertz CT molecular complexity index is 734. The van der Waals surface area contributed by atoms with E-state index in [0.717, 1.165) is 17.2 Å². The summed E-state index contributed by atoms with van der Waals surface area (Å²) in [7, 11) is 0. The summed E-state index contributed by atoms with van der Waals surface area (Å²) in [4.78, 5) is 15.4. The number of alkyl halides is 3. The third kappa shape index (κ3) is 6.27. The molecule has 3 N–H and O–H groups in total. The molecule has 0 aliphatic carbocycles. The monoisotopic (exact) mass is 366 g/mol. The molecule has 140 valence electrons. The molecule has 1 aromatic heterocycles. The summed E-state index contributed by atoms with van der Waals surface area (Å²) in [5.41, 5.74) is 1.45. The molecule has 26 heavy (non-hydrogen) atoms. The number of amides is 2. The molecule has 0 atom stereocenters. The van der Waals surface area contributed by atoms with Gasteiger partial charge in [0.15, 0.2) is 0 Å². The zero-order valence-electron chi connectivity index (χ0n) is 14.4. The van der Waals surface area contributed by atoms with E-state index in [9.17, 15) is 18.0 Å². The van der Waals surface area contributed by atoms with E-state index in [1.54, 1.807) is 0 Å². The van der Waals surface area contributed by atoms with Crippen molar-refractivity contribution >= 4 is 11.8 Å². The second-order valence-electron chi connectivity index (χ2n) is 5.75. The zero-order chi connectivity index (χ0) is 19.0. The summed E-state index contributed by atoms with van der Waals surface area (Å²) in [6, 6.07) is 9.83. The second-order valence-corrected chi connectivity index (χ2v) is 5.75. The highest BCUT2D eigenvalue weighted by Gasteiger charge is 2.33. The van der Waals surface area contributed by atoms with Crippen molar-refractivity contribution in [2.75, 3.05) is 25.0 Å². The zero-order valence-corrected chi connectivity index (χ0v) is 14.4. The Kier molecular flexibility index (Phi) is 6.82. The van der Waals surface area contributed by atoms with Gasteiger partial charge in [0.05, 0.1) is 5.56 Å². The minimum atomic E-state index is -4.48. The summed E-state index contributed by atoms with van der Waals surface area (Å²) in [5, 5.41) is 7.89. The van der Waals surface area contributed by atoms with Gasteiger partial charge in [0.1, 0.15) is 5.82 Å². The molecule has 0 saturated heterocycles. The Labute approximate surface area is 150 Å². The lowest BCUT2D eigenvalue weighted by molar-refractivity contribution is -0.137. The fraction of sp³-hybridized carbons (Fsp3) is 0.333. The van der Waals surface area contributed by atoms with Crippen LogP contribution in [0.25, 0.3) is 0 Å². The molecule has 1 heterocycles. The molecule has 2 rings (SSSR count). The number of urea groups is 1. The van der Waals surface area contributed by atoms with Gasteiger partial charge in [-0.1, -0.05) is 29.8 Å². The second kappa shape index (κ2) is 9.07. The molecule has 1 aromatic carbocycles. The predicted molar refractivity (Wildman–Crippen MR) is 94.0 cm³/mol. The number of anilines is 1. The molecule has 2 amide bonds. The molecule has 0 unspecified atom stereocenters. The topological polar surface area (TPSA) is 66.1 Å². The fourth-order valence-corrected chi connectivity index (χ4v) is 2.38. The van der Waals surface area contributed by atoms with E-state index >= 15 is 0 Å². The minimum Gasteiger partial charge on any atom is -0.368 e. The van der Waals surface area contributed by atoms with Gasteiger partial charge in [-0.25, -0.2) is 9.78 Å². The summed E-state index contributed by atoms with van der Waals surface area (Å²) >= 11 is 0. The molecule has 0 bridgehead atoms. The lowest BCUT2D eigenvalue weighted by Crippen LogP contribution is -2.39. The van der Waals surface area contributed by atoms with Crippen molar-refractivity contribution in [1.82, 2.24) is 15.6 Å². The van der Waals surface area contributed by atoms with Crippen LogP contribution in [0, 0.1) is 6.92 Å². The smallest absolute Gasteiger partial charge is 0.368 e. The Morgan fingerprint density at radius 3 is 2.58 bits per heavy atom. The number of hydrogen-bond acceptors (Lipinski definition) is 3. The first kappa shape index (κ1) is 19.6. The number of carbonyl (C=O) groups is 1. The number of nitrogens with one attached hydrogen (secondary N) is 3. The first-order valence-electron chi connectivity index (χ1n) is 8.19. The maximum absolute atomic E-state index is 12.8. The van der Waals surface area contributed by atoms with Crippen molar-refractivity contribution in [3.05, 3.63) is 59.3 Å². The van der Waals surface area contributed by atoms with Crippen molar-refractivity contribution < 1.29 is 18.0 Å². The normalized spacial score (nSPS) is 11.1. The third-order valence-electron chi connectivity index (χ3n) is 3.60. The van der Waals surface area contributed by atoms with Crippen LogP contribution in [0.3, 0.4) is 0 Å². The van der Waals surface area contributed by atoms with Crippen LogP contribution in [0.15, 0.2) is 42.6 Å². The van der Waals surface area contributed by atoms with E-state index < -0.39 is 11.7 Å². The number of aryl methyl sites for hydroxylation is 1. The highest BCUT2D eigenvalue weighted by Crippen LogP contribution is 2.33. The highest BCUT2D eigenvalue weighted by molar-refractivity contribution is 5.73. The van der Waals surface area contributed by atoms with Crippen LogP contribution in [0.5, 0.6) is 0 Å². The molecular weight excluding hydrogens is 345 g/mol. The molecule has 0 radical (unpaired) electrons. The molecule has 2 aromatic rings. The first-order valence-corrected chi connectivity index (χ1v) is 8.19. The molecule has 0 saturated carbocycles. The van der Waals surface area contributed by atoms with E-state index in [1.165, 1.54) is 12.3 Å². The SMILES string of the molecule is Cc1cccc(CCNC(=O)NCCNc2ncccc2C(F)(F)F)c1. The van der Waals surface area contributed by atoms with Crippen LogP contribution in [0.2, 0.25) is 0 Å². The maximum Gasteiger partial charge on any atom is 0.419 e. The van der Waals surface area contributed by atoms with E-state index in [2.05, 4.69) is 27.0 Å². The van der Waals surface area contributed by atoms with Gasteiger partial charge >= 0.3 is 12.2 Å².